The van der Waals surface area contributed by atoms with Gasteiger partial charge in [-0.2, -0.15) is 0 Å². The molecule has 0 bridgehead atoms. The second kappa shape index (κ2) is 6.93. The molecule has 2 N–H and O–H groups in total. The Kier molecular flexibility index (Phi) is 4.98. The van der Waals surface area contributed by atoms with Gasteiger partial charge in [0.05, 0.1) is 13.7 Å². The van der Waals surface area contributed by atoms with E-state index in [1.807, 2.05) is 30.3 Å². The first-order chi connectivity index (χ1) is 9.74. The van der Waals surface area contributed by atoms with Crippen molar-refractivity contribution in [3.63, 3.8) is 0 Å². The lowest BCUT2D eigenvalue weighted by atomic mass is 10.1. The molecular formula is C16H18O4. The van der Waals surface area contributed by atoms with E-state index in [1.165, 1.54) is 7.11 Å². The molecule has 0 radical (unpaired) electrons. The second-order valence-corrected chi connectivity index (χ2v) is 4.38. The monoisotopic (exact) mass is 274 g/mol. The van der Waals surface area contributed by atoms with Crippen molar-refractivity contribution in [2.45, 2.75) is 12.7 Å². The highest BCUT2D eigenvalue weighted by Gasteiger charge is 2.10. The summed E-state index contributed by atoms with van der Waals surface area (Å²) in [5, 5.41) is 19.1. The lowest BCUT2D eigenvalue weighted by molar-refractivity contribution is 0.106. The zero-order valence-electron chi connectivity index (χ0n) is 11.3. The van der Waals surface area contributed by atoms with Crippen molar-refractivity contribution in [2.75, 3.05) is 13.7 Å². The molecule has 1 unspecified atom stereocenters. The highest BCUT2D eigenvalue weighted by molar-refractivity contribution is 5.42. The molecule has 0 amide bonds. The van der Waals surface area contributed by atoms with E-state index in [4.69, 9.17) is 14.6 Å². The SMILES string of the molecule is COc1cc(CO)ccc1OCC(O)c1ccccc1. The third kappa shape index (κ3) is 3.50. The minimum atomic E-state index is -0.696. The smallest absolute Gasteiger partial charge is 0.161 e. The Morgan fingerprint density at radius 2 is 1.80 bits per heavy atom. The van der Waals surface area contributed by atoms with Gasteiger partial charge in [-0.25, -0.2) is 0 Å². The molecule has 0 aliphatic carbocycles. The van der Waals surface area contributed by atoms with Gasteiger partial charge in [-0.3, -0.25) is 0 Å². The highest BCUT2D eigenvalue weighted by atomic mass is 16.5. The predicted octanol–water partition coefficient (Wildman–Crippen LogP) is 2.30. The molecule has 4 heteroatoms. The summed E-state index contributed by atoms with van der Waals surface area (Å²) >= 11 is 0. The van der Waals surface area contributed by atoms with Crippen LogP contribution in [-0.4, -0.2) is 23.9 Å². The van der Waals surface area contributed by atoms with Crippen molar-refractivity contribution >= 4 is 0 Å². The van der Waals surface area contributed by atoms with Gasteiger partial charge in [-0.15, -0.1) is 0 Å². The largest absolute Gasteiger partial charge is 0.493 e. The van der Waals surface area contributed by atoms with E-state index in [-0.39, 0.29) is 13.2 Å². The van der Waals surface area contributed by atoms with Crippen molar-refractivity contribution in [2.24, 2.45) is 0 Å². The predicted molar refractivity (Wildman–Crippen MR) is 75.8 cm³/mol. The van der Waals surface area contributed by atoms with Gasteiger partial charge < -0.3 is 19.7 Å². The Morgan fingerprint density at radius 1 is 1.05 bits per heavy atom. The molecule has 20 heavy (non-hydrogen) atoms. The van der Waals surface area contributed by atoms with Crippen LogP contribution in [0.3, 0.4) is 0 Å². The van der Waals surface area contributed by atoms with E-state index in [9.17, 15) is 5.11 Å². The average Bonchev–Trinajstić information content (AvgIpc) is 2.53. The van der Waals surface area contributed by atoms with Gasteiger partial charge in [0, 0.05) is 0 Å². The number of ether oxygens (including phenoxy) is 2. The van der Waals surface area contributed by atoms with E-state index in [2.05, 4.69) is 0 Å². The maximum Gasteiger partial charge on any atom is 0.161 e. The summed E-state index contributed by atoms with van der Waals surface area (Å²) in [7, 11) is 1.54. The number of methoxy groups -OCH3 is 1. The number of aliphatic hydroxyl groups is 2. The second-order valence-electron chi connectivity index (χ2n) is 4.38. The summed E-state index contributed by atoms with van der Waals surface area (Å²) in [5.41, 5.74) is 1.55. The van der Waals surface area contributed by atoms with Crippen LogP contribution in [-0.2, 0) is 6.61 Å². The fraction of sp³-hybridized carbons (Fsp3) is 0.250. The van der Waals surface area contributed by atoms with Crippen LogP contribution in [0.2, 0.25) is 0 Å². The maximum atomic E-state index is 10.0. The molecule has 2 aromatic rings. The Morgan fingerprint density at radius 3 is 2.45 bits per heavy atom. The number of hydrogen-bond donors (Lipinski definition) is 2. The van der Waals surface area contributed by atoms with Gasteiger partial charge in [0.25, 0.3) is 0 Å². The molecule has 1 atom stereocenters. The minimum Gasteiger partial charge on any atom is -0.493 e. The first kappa shape index (κ1) is 14.4. The zero-order valence-corrected chi connectivity index (χ0v) is 11.3. The molecule has 2 rings (SSSR count). The van der Waals surface area contributed by atoms with E-state index in [0.29, 0.717) is 11.5 Å². The summed E-state index contributed by atoms with van der Waals surface area (Å²) < 4.78 is 10.8. The number of rotatable bonds is 6. The molecule has 0 saturated carbocycles. The van der Waals surface area contributed by atoms with Crippen molar-refractivity contribution in [3.8, 4) is 11.5 Å². The first-order valence-electron chi connectivity index (χ1n) is 6.38. The van der Waals surface area contributed by atoms with Crippen LogP contribution >= 0.6 is 0 Å². The Bertz CT molecular complexity index is 539. The van der Waals surface area contributed by atoms with Crippen molar-refractivity contribution in [3.05, 3.63) is 59.7 Å². The third-order valence-corrected chi connectivity index (χ3v) is 2.99. The fourth-order valence-electron chi connectivity index (χ4n) is 1.87. The number of benzene rings is 2. The standard InChI is InChI=1S/C16H18O4/c1-19-16-9-12(10-17)7-8-15(16)20-11-14(18)13-5-3-2-4-6-13/h2-9,14,17-18H,10-11H2,1H3. The Balaban J connectivity index is 2.03. The summed E-state index contributed by atoms with van der Waals surface area (Å²) in [6.07, 6.45) is -0.696. The maximum absolute atomic E-state index is 10.0. The van der Waals surface area contributed by atoms with Gasteiger partial charge in [0.15, 0.2) is 11.5 Å². The Labute approximate surface area is 118 Å². The molecule has 0 heterocycles. The van der Waals surface area contributed by atoms with Crippen LogP contribution in [0.5, 0.6) is 11.5 Å². The van der Waals surface area contributed by atoms with Crippen LogP contribution in [0.25, 0.3) is 0 Å². The van der Waals surface area contributed by atoms with Crippen molar-refractivity contribution < 1.29 is 19.7 Å². The van der Waals surface area contributed by atoms with E-state index >= 15 is 0 Å². The average molecular weight is 274 g/mol. The van der Waals surface area contributed by atoms with E-state index in [0.717, 1.165) is 11.1 Å². The number of aliphatic hydroxyl groups excluding tert-OH is 2. The topological polar surface area (TPSA) is 58.9 Å². The molecule has 0 aliphatic heterocycles. The molecule has 0 saturated heterocycles. The van der Waals surface area contributed by atoms with Gasteiger partial charge in [-0.05, 0) is 23.3 Å². The van der Waals surface area contributed by atoms with Gasteiger partial charge in [0.2, 0.25) is 0 Å². The van der Waals surface area contributed by atoms with Crippen molar-refractivity contribution in [1.82, 2.24) is 0 Å². The minimum absolute atomic E-state index is 0.0523. The van der Waals surface area contributed by atoms with Crippen LogP contribution in [0, 0.1) is 0 Å². The lowest BCUT2D eigenvalue weighted by Gasteiger charge is -2.15. The summed E-state index contributed by atoms with van der Waals surface area (Å²) in [5.74, 6) is 1.08. The molecule has 0 aromatic heterocycles. The van der Waals surface area contributed by atoms with E-state index < -0.39 is 6.10 Å². The van der Waals surface area contributed by atoms with Crippen molar-refractivity contribution in [1.29, 1.82) is 0 Å². The first-order valence-corrected chi connectivity index (χ1v) is 6.38. The van der Waals surface area contributed by atoms with Gasteiger partial charge in [-0.1, -0.05) is 36.4 Å². The normalized spacial score (nSPS) is 11.9. The Hall–Kier alpha value is -2.04. The third-order valence-electron chi connectivity index (χ3n) is 2.99. The molecule has 0 fully saturated rings. The quantitative estimate of drug-likeness (QED) is 0.848. The zero-order chi connectivity index (χ0) is 14.4. The van der Waals surface area contributed by atoms with Crippen LogP contribution < -0.4 is 9.47 Å². The number of hydrogen-bond acceptors (Lipinski definition) is 4. The molecule has 0 aliphatic rings. The van der Waals surface area contributed by atoms with Gasteiger partial charge >= 0.3 is 0 Å². The molecule has 0 spiro atoms. The van der Waals surface area contributed by atoms with Gasteiger partial charge in [0.1, 0.15) is 12.7 Å². The summed E-state index contributed by atoms with van der Waals surface area (Å²) in [4.78, 5) is 0. The molecule has 106 valence electrons. The molecular weight excluding hydrogens is 256 g/mol. The van der Waals surface area contributed by atoms with Crippen LogP contribution in [0.1, 0.15) is 17.2 Å². The van der Waals surface area contributed by atoms with Crippen LogP contribution in [0.4, 0.5) is 0 Å². The lowest BCUT2D eigenvalue weighted by Crippen LogP contribution is -2.10. The highest BCUT2D eigenvalue weighted by Crippen LogP contribution is 2.29. The molecule has 2 aromatic carbocycles. The molecule has 4 nitrogen and oxygen atoms in total. The fourth-order valence-corrected chi connectivity index (χ4v) is 1.87. The van der Waals surface area contributed by atoms with Crippen LogP contribution in [0.15, 0.2) is 48.5 Å². The summed E-state index contributed by atoms with van der Waals surface area (Å²) in [6, 6.07) is 14.5. The van der Waals surface area contributed by atoms with E-state index in [1.54, 1.807) is 18.2 Å². The summed E-state index contributed by atoms with van der Waals surface area (Å²) in [6.45, 7) is 0.0854.